The molecule has 0 aliphatic carbocycles. The molecule has 1 atom stereocenters. The highest BCUT2D eigenvalue weighted by atomic mass is 19.1. The molecule has 0 bridgehead atoms. The molecule has 0 saturated carbocycles. The lowest BCUT2D eigenvalue weighted by Crippen LogP contribution is -2.11. The zero-order valence-electron chi connectivity index (χ0n) is 14.7. The second-order valence-corrected chi connectivity index (χ2v) is 5.92. The van der Waals surface area contributed by atoms with Crippen LogP contribution in [0, 0.1) is 5.82 Å². The van der Waals surface area contributed by atoms with Gasteiger partial charge < -0.3 is 11.1 Å². The lowest BCUT2D eigenvalue weighted by molar-refractivity contribution is 0.626. The molecule has 4 N–H and O–H groups in total. The van der Waals surface area contributed by atoms with E-state index >= 15 is 0 Å². The summed E-state index contributed by atoms with van der Waals surface area (Å²) >= 11 is 0. The monoisotopic (exact) mass is 378 g/mol. The second kappa shape index (κ2) is 7.31. The number of anilines is 3. The summed E-state index contributed by atoms with van der Waals surface area (Å²) in [5.74, 6) is 0.632. The van der Waals surface area contributed by atoms with Crippen molar-refractivity contribution in [2.45, 2.75) is 12.8 Å². The lowest BCUT2D eigenvalue weighted by atomic mass is 9.91. The number of hydrogen-bond acceptors (Lipinski definition) is 9. The Bertz CT molecular complexity index is 1070. The average Bonchev–Trinajstić information content (AvgIpc) is 3.23. The molecule has 11 heteroatoms. The molecule has 28 heavy (non-hydrogen) atoms. The van der Waals surface area contributed by atoms with Gasteiger partial charge in [0.1, 0.15) is 23.1 Å². The van der Waals surface area contributed by atoms with Crippen LogP contribution in [0.5, 0.6) is 0 Å². The molecule has 1 aromatic carbocycles. The largest absolute Gasteiger partial charge is 0.368 e. The fraction of sp³-hybridized carbons (Fsp3) is 0.118. The number of nitrogen functional groups attached to an aromatic ring is 1. The molecule has 0 radical (unpaired) electrons. The SMILES string of the molecule is CC(c1ccc(F)cc1)c1c(Nc2cnccn2)nc(N)nc1-c1nn[nH]n1. The maximum atomic E-state index is 13.4. The molecule has 10 nitrogen and oxygen atoms in total. The van der Waals surface area contributed by atoms with Crippen molar-refractivity contribution in [2.24, 2.45) is 0 Å². The van der Waals surface area contributed by atoms with Crippen molar-refractivity contribution >= 4 is 17.6 Å². The molecule has 4 aromatic rings. The summed E-state index contributed by atoms with van der Waals surface area (Å²) in [4.78, 5) is 16.9. The fourth-order valence-corrected chi connectivity index (χ4v) is 2.83. The van der Waals surface area contributed by atoms with E-state index in [0.717, 1.165) is 5.56 Å². The molecular weight excluding hydrogens is 363 g/mol. The Morgan fingerprint density at radius 1 is 1.14 bits per heavy atom. The van der Waals surface area contributed by atoms with E-state index in [-0.39, 0.29) is 23.5 Å². The van der Waals surface area contributed by atoms with Gasteiger partial charge in [0.2, 0.25) is 11.8 Å². The van der Waals surface area contributed by atoms with Crippen LogP contribution in [0.2, 0.25) is 0 Å². The summed E-state index contributed by atoms with van der Waals surface area (Å²) in [6, 6.07) is 6.19. The van der Waals surface area contributed by atoms with Crippen LogP contribution >= 0.6 is 0 Å². The summed E-state index contributed by atoms with van der Waals surface area (Å²) in [6.45, 7) is 1.94. The Balaban J connectivity index is 1.88. The summed E-state index contributed by atoms with van der Waals surface area (Å²) < 4.78 is 13.4. The van der Waals surface area contributed by atoms with E-state index in [4.69, 9.17) is 5.73 Å². The molecule has 3 aromatic heterocycles. The van der Waals surface area contributed by atoms with E-state index in [1.54, 1.807) is 30.7 Å². The van der Waals surface area contributed by atoms with Crippen molar-refractivity contribution in [1.82, 2.24) is 40.6 Å². The molecule has 0 saturated heterocycles. The molecule has 4 rings (SSSR count). The molecule has 3 heterocycles. The van der Waals surface area contributed by atoms with Crippen molar-refractivity contribution in [3.05, 3.63) is 59.8 Å². The summed E-state index contributed by atoms with van der Waals surface area (Å²) in [5, 5.41) is 17.2. The van der Waals surface area contributed by atoms with Crippen molar-refractivity contribution in [3.8, 4) is 11.5 Å². The number of tetrazole rings is 1. The number of nitrogens with zero attached hydrogens (tertiary/aromatic N) is 7. The highest BCUT2D eigenvalue weighted by molar-refractivity contribution is 5.70. The smallest absolute Gasteiger partial charge is 0.223 e. The minimum Gasteiger partial charge on any atom is -0.368 e. The standard InChI is InChI=1S/C17H15FN10/c1-9(10-2-4-11(18)5-3-10)13-14(16-25-27-28-26-16)23-17(19)24-15(13)22-12-8-20-6-7-21-12/h2-9H,1H3,(H,25,26,27,28)(H3,19,21,22,23,24). The van der Waals surface area contributed by atoms with Crippen molar-refractivity contribution < 1.29 is 4.39 Å². The van der Waals surface area contributed by atoms with Gasteiger partial charge in [0, 0.05) is 23.9 Å². The number of nitrogens with two attached hydrogens (primary N) is 1. The Hall–Kier alpha value is -4.02. The molecule has 1 unspecified atom stereocenters. The van der Waals surface area contributed by atoms with Gasteiger partial charge in [0.25, 0.3) is 0 Å². The second-order valence-electron chi connectivity index (χ2n) is 5.92. The lowest BCUT2D eigenvalue weighted by Gasteiger charge is -2.19. The molecule has 0 aliphatic rings. The van der Waals surface area contributed by atoms with Crippen molar-refractivity contribution in [2.75, 3.05) is 11.1 Å². The van der Waals surface area contributed by atoms with Gasteiger partial charge in [0.05, 0.1) is 6.20 Å². The van der Waals surface area contributed by atoms with Gasteiger partial charge >= 0.3 is 0 Å². The van der Waals surface area contributed by atoms with Crippen LogP contribution in [0.1, 0.15) is 24.0 Å². The van der Waals surface area contributed by atoms with Gasteiger partial charge in [-0.05, 0) is 22.9 Å². The molecule has 140 valence electrons. The number of aromatic amines is 1. The minimum absolute atomic E-state index is 0.0289. The fourth-order valence-electron chi connectivity index (χ4n) is 2.83. The number of H-pyrrole nitrogens is 1. The first kappa shape index (κ1) is 17.4. The topological polar surface area (TPSA) is 144 Å². The predicted octanol–water partition coefficient (Wildman–Crippen LogP) is 2.06. The van der Waals surface area contributed by atoms with E-state index in [9.17, 15) is 4.39 Å². The van der Waals surface area contributed by atoms with Gasteiger partial charge in [-0.25, -0.2) is 14.4 Å². The zero-order chi connectivity index (χ0) is 19.5. The van der Waals surface area contributed by atoms with Gasteiger partial charge in [0.15, 0.2) is 0 Å². The molecular formula is C17H15FN10. The van der Waals surface area contributed by atoms with Crippen LogP contribution in [-0.2, 0) is 0 Å². The maximum absolute atomic E-state index is 13.4. The Morgan fingerprint density at radius 3 is 2.64 bits per heavy atom. The highest BCUT2D eigenvalue weighted by Crippen LogP contribution is 2.36. The Morgan fingerprint density at radius 2 is 1.96 bits per heavy atom. The first-order valence-electron chi connectivity index (χ1n) is 8.31. The predicted molar refractivity (Wildman–Crippen MR) is 98.8 cm³/mol. The van der Waals surface area contributed by atoms with Gasteiger partial charge in [-0.1, -0.05) is 19.1 Å². The van der Waals surface area contributed by atoms with Gasteiger partial charge in [-0.3, -0.25) is 4.98 Å². The average molecular weight is 378 g/mol. The van der Waals surface area contributed by atoms with Crippen molar-refractivity contribution in [1.29, 1.82) is 0 Å². The maximum Gasteiger partial charge on any atom is 0.223 e. The normalized spacial score (nSPS) is 11.9. The van der Waals surface area contributed by atoms with Crippen LogP contribution in [0.3, 0.4) is 0 Å². The first-order valence-corrected chi connectivity index (χ1v) is 8.31. The summed E-state index contributed by atoms with van der Waals surface area (Å²) in [5.41, 5.74) is 7.83. The molecule has 0 aliphatic heterocycles. The van der Waals surface area contributed by atoms with E-state index in [1.807, 2.05) is 6.92 Å². The number of benzene rings is 1. The van der Waals surface area contributed by atoms with Crippen LogP contribution in [0.15, 0.2) is 42.9 Å². The van der Waals surface area contributed by atoms with Crippen LogP contribution < -0.4 is 11.1 Å². The van der Waals surface area contributed by atoms with Gasteiger partial charge in [-0.2, -0.15) is 10.2 Å². The summed E-state index contributed by atoms with van der Waals surface area (Å²) in [6.07, 6.45) is 4.67. The van der Waals surface area contributed by atoms with E-state index in [1.165, 1.54) is 12.1 Å². The number of rotatable bonds is 5. The molecule has 0 amide bonds. The number of aromatic nitrogens is 8. The van der Waals surface area contributed by atoms with Crippen molar-refractivity contribution in [3.63, 3.8) is 0 Å². The van der Waals surface area contributed by atoms with Crippen LogP contribution in [0.25, 0.3) is 11.5 Å². The van der Waals surface area contributed by atoms with Crippen LogP contribution in [0.4, 0.5) is 22.0 Å². The van der Waals surface area contributed by atoms with Crippen LogP contribution in [-0.4, -0.2) is 40.6 Å². The van der Waals surface area contributed by atoms with E-state index in [0.29, 0.717) is 22.9 Å². The van der Waals surface area contributed by atoms with E-state index in [2.05, 4.69) is 45.9 Å². The quantitative estimate of drug-likeness (QED) is 0.475. The minimum atomic E-state index is -0.319. The van der Waals surface area contributed by atoms with Gasteiger partial charge in [-0.15, -0.1) is 10.2 Å². The first-order chi connectivity index (χ1) is 13.6. The molecule has 0 fully saturated rings. The Labute approximate surface area is 158 Å². The third kappa shape index (κ3) is 3.45. The number of hydrogen-bond donors (Lipinski definition) is 3. The number of nitrogens with one attached hydrogen (secondary N) is 2. The zero-order valence-corrected chi connectivity index (χ0v) is 14.7. The third-order valence-corrected chi connectivity index (χ3v) is 4.13. The Kier molecular flexibility index (Phi) is 4.54. The molecule has 0 spiro atoms. The summed E-state index contributed by atoms with van der Waals surface area (Å²) in [7, 11) is 0. The van der Waals surface area contributed by atoms with E-state index < -0.39 is 0 Å². The highest BCUT2D eigenvalue weighted by Gasteiger charge is 2.24. The number of halogens is 1. The third-order valence-electron chi connectivity index (χ3n) is 4.13.